The lowest BCUT2D eigenvalue weighted by molar-refractivity contribution is 1.57. The minimum absolute atomic E-state index is 1.22. The van der Waals surface area contributed by atoms with E-state index in [0.29, 0.717) is 0 Å². The van der Waals surface area contributed by atoms with E-state index in [1.54, 1.807) is 0 Å². The van der Waals surface area contributed by atoms with Gasteiger partial charge >= 0.3 is 0 Å². The van der Waals surface area contributed by atoms with Gasteiger partial charge in [0.2, 0.25) is 0 Å². The van der Waals surface area contributed by atoms with Crippen LogP contribution < -0.4 is 0 Å². The molecule has 0 heterocycles. The summed E-state index contributed by atoms with van der Waals surface area (Å²) < 4.78 is 0. The molecule has 0 N–H and O–H groups in total. The van der Waals surface area contributed by atoms with Crippen molar-refractivity contribution in [3.63, 3.8) is 0 Å². The summed E-state index contributed by atoms with van der Waals surface area (Å²) in [6, 6.07) is 67.7. The predicted octanol–water partition coefficient (Wildman–Crippen LogP) is 14.1. The Morgan fingerprint density at radius 2 is 0.660 bits per heavy atom. The standard InChI is InChI=1S/C50H30/c1-2-8-31(9-3-1)41-16-7-17-43(42-27-23-37-21-19-33-11-5-13-35-25-29-45(42)50(37)47(33)35)48(41)39-15-6-14-38(30-39)40-26-22-36-20-18-32-10-4-12-34-24-28-44(40)49(36)46(32)34/h1-30H. The molecule has 0 aromatic heterocycles. The summed E-state index contributed by atoms with van der Waals surface area (Å²) in [4.78, 5) is 0. The smallest absolute Gasteiger partial charge is 0.00206 e. The van der Waals surface area contributed by atoms with Crippen LogP contribution in [0, 0.1) is 0 Å². The van der Waals surface area contributed by atoms with Crippen LogP contribution in [0.1, 0.15) is 0 Å². The summed E-state index contributed by atoms with van der Waals surface area (Å²) in [5.41, 5.74) is 9.93. The third-order valence-corrected chi connectivity index (χ3v) is 11.0. The Bertz CT molecular complexity index is 3040. The molecule has 0 unspecified atom stereocenters. The minimum Gasteiger partial charge on any atom is -0.0622 e. The van der Waals surface area contributed by atoms with E-state index in [-0.39, 0.29) is 0 Å². The Hall–Kier alpha value is -6.50. The second-order valence-corrected chi connectivity index (χ2v) is 13.6. The van der Waals surface area contributed by atoms with E-state index in [1.165, 1.54) is 109 Å². The molecule has 0 aliphatic rings. The second-order valence-electron chi connectivity index (χ2n) is 13.6. The van der Waals surface area contributed by atoms with Crippen molar-refractivity contribution in [3.8, 4) is 44.5 Å². The lowest BCUT2D eigenvalue weighted by Gasteiger charge is -2.20. The zero-order chi connectivity index (χ0) is 32.8. The predicted molar refractivity (Wildman–Crippen MR) is 216 cm³/mol. The Morgan fingerprint density at radius 1 is 0.220 bits per heavy atom. The van der Waals surface area contributed by atoms with Gasteiger partial charge in [0.05, 0.1) is 0 Å². The monoisotopic (exact) mass is 630 g/mol. The van der Waals surface area contributed by atoms with Gasteiger partial charge in [-0.05, 0) is 115 Å². The summed E-state index contributed by atoms with van der Waals surface area (Å²) in [6.07, 6.45) is 0. The highest BCUT2D eigenvalue weighted by Crippen LogP contribution is 2.46. The van der Waals surface area contributed by atoms with Crippen LogP contribution in [-0.4, -0.2) is 0 Å². The van der Waals surface area contributed by atoms with Crippen molar-refractivity contribution in [3.05, 3.63) is 182 Å². The van der Waals surface area contributed by atoms with Gasteiger partial charge in [0, 0.05) is 0 Å². The van der Waals surface area contributed by atoms with Crippen LogP contribution in [0.3, 0.4) is 0 Å². The number of benzene rings is 11. The maximum absolute atomic E-state index is 2.41. The van der Waals surface area contributed by atoms with Crippen LogP contribution in [0.5, 0.6) is 0 Å². The average Bonchev–Trinajstić information content (AvgIpc) is 3.19. The first-order chi connectivity index (χ1) is 24.8. The first kappa shape index (κ1) is 27.5. The molecule has 0 saturated carbocycles. The quantitative estimate of drug-likeness (QED) is 0.170. The SMILES string of the molecule is c1ccc(-c2cccc(-c3ccc4ccc5cccc6ccc3c4c56)c2-c2cccc(-c3ccc4ccc5cccc6ccc3c4c56)c2)cc1. The van der Waals surface area contributed by atoms with Crippen LogP contribution in [0.15, 0.2) is 182 Å². The zero-order valence-electron chi connectivity index (χ0n) is 27.3. The fourth-order valence-electron chi connectivity index (χ4n) is 8.75. The molecule has 0 bridgehead atoms. The molecule has 0 atom stereocenters. The largest absolute Gasteiger partial charge is 0.0622 e. The molecule has 11 aromatic carbocycles. The topological polar surface area (TPSA) is 0 Å². The van der Waals surface area contributed by atoms with Crippen LogP contribution in [0.2, 0.25) is 0 Å². The summed E-state index contributed by atoms with van der Waals surface area (Å²) in [7, 11) is 0. The summed E-state index contributed by atoms with van der Waals surface area (Å²) in [6.45, 7) is 0. The Balaban J connectivity index is 1.19. The normalized spacial score (nSPS) is 12.0. The molecule has 0 heteroatoms. The zero-order valence-corrected chi connectivity index (χ0v) is 27.3. The molecule has 11 aromatic rings. The van der Waals surface area contributed by atoms with Crippen LogP contribution in [0.4, 0.5) is 0 Å². The van der Waals surface area contributed by atoms with Crippen molar-refractivity contribution in [2.45, 2.75) is 0 Å². The van der Waals surface area contributed by atoms with E-state index in [2.05, 4.69) is 182 Å². The highest BCUT2D eigenvalue weighted by molar-refractivity contribution is 6.27. The van der Waals surface area contributed by atoms with Crippen molar-refractivity contribution in [1.82, 2.24) is 0 Å². The number of hydrogen-bond acceptors (Lipinski definition) is 0. The second kappa shape index (κ2) is 10.5. The van der Waals surface area contributed by atoms with E-state index in [0.717, 1.165) is 0 Å². The number of hydrogen-bond donors (Lipinski definition) is 0. The number of rotatable bonds is 4. The van der Waals surface area contributed by atoms with Gasteiger partial charge in [0.25, 0.3) is 0 Å². The van der Waals surface area contributed by atoms with Crippen molar-refractivity contribution in [2.24, 2.45) is 0 Å². The van der Waals surface area contributed by atoms with Crippen molar-refractivity contribution >= 4 is 64.6 Å². The Morgan fingerprint density at radius 3 is 1.30 bits per heavy atom. The summed E-state index contributed by atoms with van der Waals surface area (Å²) in [5.74, 6) is 0. The molecule has 230 valence electrons. The molecule has 11 rings (SSSR count). The first-order valence-corrected chi connectivity index (χ1v) is 17.4. The molecule has 0 saturated heterocycles. The first-order valence-electron chi connectivity index (χ1n) is 17.4. The lowest BCUT2D eigenvalue weighted by Crippen LogP contribution is -1.93. The van der Waals surface area contributed by atoms with E-state index in [9.17, 15) is 0 Å². The van der Waals surface area contributed by atoms with Gasteiger partial charge < -0.3 is 0 Å². The lowest BCUT2D eigenvalue weighted by atomic mass is 9.83. The van der Waals surface area contributed by atoms with Gasteiger partial charge in [-0.3, -0.25) is 0 Å². The van der Waals surface area contributed by atoms with Crippen LogP contribution in [-0.2, 0) is 0 Å². The molecule has 0 fully saturated rings. The van der Waals surface area contributed by atoms with Crippen molar-refractivity contribution in [2.75, 3.05) is 0 Å². The van der Waals surface area contributed by atoms with Gasteiger partial charge in [0.1, 0.15) is 0 Å². The van der Waals surface area contributed by atoms with Gasteiger partial charge in [0.15, 0.2) is 0 Å². The Labute approximate surface area is 290 Å². The Kier molecular flexibility index (Phi) is 5.76. The van der Waals surface area contributed by atoms with Gasteiger partial charge in [-0.1, -0.05) is 176 Å². The average molecular weight is 631 g/mol. The van der Waals surface area contributed by atoms with Crippen molar-refractivity contribution < 1.29 is 0 Å². The molecule has 0 aliphatic heterocycles. The highest BCUT2D eigenvalue weighted by Gasteiger charge is 2.19. The third-order valence-electron chi connectivity index (χ3n) is 11.0. The van der Waals surface area contributed by atoms with Gasteiger partial charge in [-0.2, -0.15) is 0 Å². The molecule has 0 spiro atoms. The highest BCUT2D eigenvalue weighted by atomic mass is 14.2. The minimum atomic E-state index is 1.22. The fraction of sp³-hybridized carbons (Fsp3) is 0. The van der Waals surface area contributed by atoms with Gasteiger partial charge in [-0.15, -0.1) is 0 Å². The molecule has 50 heavy (non-hydrogen) atoms. The molecular weight excluding hydrogens is 601 g/mol. The van der Waals surface area contributed by atoms with E-state index in [1.807, 2.05) is 0 Å². The molecule has 0 radical (unpaired) electrons. The van der Waals surface area contributed by atoms with E-state index < -0.39 is 0 Å². The fourth-order valence-corrected chi connectivity index (χ4v) is 8.75. The molecule has 0 amide bonds. The van der Waals surface area contributed by atoms with E-state index in [4.69, 9.17) is 0 Å². The summed E-state index contributed by atoms with van der Waals surface area (Å²) in [5, 5.41) is 15.7. The summed E-state index contributed by atoms with van der Waals surface area (Å²) >= 11 is 0. The third kappa shape index (κ3) is 3.94. The van der Waals surface area contributed by atoms with Crippen LogP contribution >= 0.6 is 0 Å². The molecule has 0 aliphatic carbocycles. The van der Waals surface area contributed by atoms with Gasteiger partial charge in [-0.25, -0.2) is 0 Å². The maximum atomic E-state index is 2.41. The van der Waals surface area contributed by atoms with E-state index >= 15 is 0 Å². The van der Waals surface area contributed by atoms with Crippen molar-refractivity contribution in [1.29, 1.82) is 0 Å². The molecule has 0 nitrogen and oxygen atoms in total. The molecular formula is C50H30. The maximum Gasteiger partial charge on any atom is -0.00206 e. The van der Waals surface area contributed by atoms with Crippen LogP contribution in [0.25, 0.3) is 109 Å².